The molecule has 0 aromatic carbocycles. The standard InChI is InChI=1S/C15H16ClN7O9S2/c1-21-4-8(25)22(15(21)28)12-10(13(27)23(12)34(29,30)31)19-11(26)9(20-32-2)6-5-33-14(17-6)18-7(24)3-16/h5,10,12H,3-4H2,1-2H3,(H,19,26)(H,17,18,24)(H,29,30,31)/b20-9-/t10-,12-/m0/s1. The summed E-state index contributed by atoms with van der Waals surface area (Å²) in [5.74, 6) is -4.15. The van der Waals surface area contributed by atoms with Gasteiger partial charge in [-0.15, -0.1) is 22.9 Å². The lowest BCUT2D eigenvalue weighted by atomic mass is 10.0. The van der Waals surface area contributed by atoms with Crippen LogP contribution in [0.1, 0.15) is 5.69 Å². The minimum absolute atomic E-state index is 0.0729. The summed E-state index contributed by atoms with van der Waals surface area (Å²) in [6.45, 7) is -0.407. The first kappa shape index (κ1) is 25.3. The molecular formula is C15H16ClN7O9S2. The van der Waals surface area contributed by atoms with E-state index in [4.69, 9.17) is 11.6 Å². The molecule has 3 N–H and O–H groups in total. The normalized spacial score (nSPS) is 21.0. The van der Waals surface area contributed by atoms with Crippen LogP contribution in [0.5, 0.6) is 0 Å². The topological polar surface area (TPSA) is 208 Å². The van der Waals surface area contributed by atoms with Gasteiger partial charge in [0.05, 0.1) is 0 Å². The van der Waals surface area contributed by atoms with Crippen LogP contribution in [0.15, 0.2) is 10.5 Å². The van der Waals surface area contributed by atoms with Gasteiger partial charge >= 0.3 is 16.3 Å². The number of carbonyl (C=O) groups is 5. The molecule has 2 fully saturated rings. The Morgan fingerprint density at radius 3 is 2.59 bits per heavy atom. The molecule has 1 aromatic heterocycles. The molecule has 6 amide bonds. The molecule has 1 aromatic rings. The SMILES string of the molecule is CO/N=C(\C(=O)N[C@@H]1C(=O)N(S(=O)(=O)O)[C@@H]1N1C(=O)CN(C)C1=O)c1csc(NC(=O)CCl)n1. The number of oxime groups is 1. The van der Waals surface area contributed by atoms with Gasteiger partial charge in [-0.2, -0.15) is 12.7 Å². The van der Waals surface area contributed by atoms with Gasteiger partial charge in [0.2, 0.25) is 5.91 Å². The van der Waals surface area contributed by atoms with Crippen LogP contribution in [0.3, 0.4) is 0 Å². The summed E-state index contributed by atoms with van der Waals surface area (Å²) < 4.78 is 32.7. The van der Waals surface area contributed by atoms with Gasteiger partial charge in [0.25, 0.3) is 17.7 Å². The Morgan fingerprint density at radius 1 is 1.38 bits per heavy atom. The molecule has 3 rings (SSSR count). The van der Waals surface area contributed by atoms with Crippen molar-refractivity contribution in [2.75, 3.05) is 31.9 Å². The van der Waals surface area contributed by atoms with Crippen LogP contribution in [0.4, 0.5) is 9.93 Å². The number of alkyl halides is 1. The third kappa shape index (κ3) is 4.65. The molecule has 0 unspecified atom stereocenters. The average molecular weight is 538 g/mol. The van der Waals surface area contributed by atoms with Gasteiger partial charge in [0.15, 0.2) is 23.1 Å². The molecule has 2 saturated heterocycles. The monoisotopic (exact) mass is 537 g/mol. The number of thiazole rings is 1. The Morgan fingerprint density at radius 2 is 2.06 bits per heavy atom. The molecule has 34 heavy (non-hydrogen) atoms. The summed E-state index contributed by atoms with van der Waals surface area (Å²) in [6, 6.07) is -2.68. The molecular weight excluding hydrogens is 522 g/mol. The van der Waals surface area contributed by atoms with Gasteiger partial charge in [0, 0.05) is 12.4 Å². The smallest absolute Gasteiger partial charge is 0.364 e. The van der Waals surface area contributed by atoms with E-state index >= 15 is 0 Å². The number of likely N-dealkylation sites (N-methyl/N-ethyl adjacent to an activating group) is 1. The van der Waals surface area contributed by atoms with E-state index < -0.39 is 64.4 Å². The Labute approximate surface area is 200 Å². The molecule has 19 heteroatoms. The summed E-state index contributed by atoms with van der Waals surface area (Å²) in [5, 5.41) is 9.47. The minimum atomic E-state index is -5.18. The number of imide groups is 1. The molecule has 2 aliphatic rings. The maximum absolute atomic E-state index is 12.9. The first-order valence-corrected chi connectivity index (χ1v) is 11.8. The van der Waals surface area contributed by atoms with E-state index in [0.29, 0.717) is 4.90 Å². The lowest BCUT2D eigenvalue weighted by Crippen LogP contribution is -2.77. The molecule has 0 bridgehead atoms. The second-order valence-electron chi connectivity index (χ2n) is 6.72. The summed E-state index contributed by atoms with van der Waals surface area (Å²) in [7, 11) is -2.80. The fourth-order valence-electron chi connectivity index (χ4n) is 3.08. The summed E-state index contributed by atoms with van der Waals surface area (Å²) in [5.41, 5.74) is -0.560. The highest BCUT2D eigenvalue weighted by atomic mass is 35.5. The zero-order valence-corrected chi connectivity index (χ0v) is 19.7. The molecule has 0 aliphatic carbocycles. The summed E-state index contributed by atoms with van der Waals surface area (Å²) in [6.07, 6.45) is -1.85. The average Bonchev–Trinajstić information content (AvgIpc) is 3.30. The number of aromatic nitrogens is 1. The van der Waals surface area contributed by atoms with E-state index in [1.807, 2.05) is 0 Å². The van der Waals surface area contributed by atoms with E-state index in [2.05, 4.69) is 25.6 Å². The van der Waals surface area contributed by atoms with Crippen molar-refractivity contribution in [1.29, 1.82) is 0 Å². The fraction of sp³-hybridized carbons (Fsp3) is 0.400. The molecule has 0 spiro atoms. The highest BCUT2D eigenvalue weighted by molar-refractivity contribution is 7.84. The Kier molecular flexibility index (Phi) is 7.05. The number of halogens is 1. The van der Waals surface area contributed by atoms with E-state index in [1.165, 1.54) is 12.4 Å². The predicted octanol–water partition coefficient (Wildman–Crippen LogP) is -1.98. The van der Waals surface area contributed by atoms with Crippen molar-refractivity contribution in [2.45, 2.75) is 12.2 Å². The number of nitrogens with one attached hydrogen (secondary N) is 2. The number of β-lactam (4-membered cyclic amide) rings is 1. The maximum atomic E-state index is 12.9. The highest BCUT2D eigenvalue weighted by Gasteiger charge is 2.61. The zero-order valence-electron chi connectivity index (χ0n) is 17.3. The van der Waals surface area contributed by atoms with Crippen molar-refractivity contribution in [3.63, 3.8) is 0 Å². The molecule has 3 heterocycles. The van der Waals surface area contributed by atoms with Crippen LogP contribution >= 0.6 is 22.9 Å². The zero-order chi connectivity index (χ0) is 25.4. The van der Waals surface area contributed by atoms with Gasteiger partial charge in [0.1, 0.15) is 25.2 Å². The van der Waals surface area contributed by atoms with Gasteiger partial charge in [-0.1, -0.05) is 5.16 Å². The molecule has 0 saturated carbocycles. The van der Waals surface area contributed by atoms with E-state index in [0.717, 1.165) is 23.3 Å². The van der Waals surface area contributed by atoms with Crippen LogP contribution in [0, 0.1) is 0 Å². The van der Waals surface area contributed by atoms with Crippen LogP contribution < -0.4 is 10.6 Å². The molecule has 2 aliphatic heterocycles. The molecule has 16 nitrogen and oxygen atoms in total. The second kappa shape index (κ2) is 9.49. The number of hydrogen-bond donors (Lipinski definition) is 3. The van der Waals surface area contributed by atoms with Crippen molar-refractivity contribution < 1.29 is 41.8 Å². The third-order valence-electron chi connectivity index (χ3n) is 4.51. The lowest BCUT2D eigenvalue weighted by molar-refractivity contribution is -0.154. The number of urea groups is 1. The Balaban J connectivity index is 1.88. The van der Waals surface area contributed by atoms with Crippen molar-refractivity contribution in [3.05, 3.63) is 11.1 Å². The highest BCUT2D eigenvalue weighted by Crippen LogP contribution is 2.30. The summed E-state index contributed by atoms with van der Waals surface area (Å²) >= 11 is 6.33. The van der Waals surface area contributed by atoms with E-state index in [1.54, 1.807) is 0 Å². The largest absolute Gasteiger partial charge is 0.398 e. The number of rotatable bonds is 8. The number of anilines is 1. The van der Waals surface area contributed by atoms with Gasteiger partial charge < -0.3 is 20.4 Å². The first-order valence-electron chi connectivity index (χ1n) is 9.02. The first-order chi connectivity index (χ1) is 15.9. The van der Waals surface area contributed by atoms with Gasteiger partial charge in [-0.05, 0) is 0 Å². The van der Waals surface area contributed by atoms with Gasteiger partial charge in [-0.3, -0.25) is 23.7 Å². The minimum Gasteiger partial charge on any atom is -0.398 e. The van der Waals surface area contributed by atoms with Crippen molar-refractivity contribution in [1.82, 2.24) is 24.4 Å². The predicted molar refractivity (Wildman–Crippen MR) is 114 cm³/mol. The van der Waals surface area contributed by atoms with Crippen molar-refractivity contribution >= 4 is 73.7 Å². The van der Waals surface area contributed by atoms with Crippen LogP contribution in [-0.4, -0.2) is 106 Å². The van der Waals surface area contributed by atoms with Crippen molar-refractivity contribution in [2.24, 2.45) is 5.16 Å². The number of carbonyl (C=O) groups excluding carboxylic acids is 5. The number of amides is 6. The van der Waals surface area contributed by atoms with Crippen LogP contribution in [0.25, 0.3) is 0 Å². The summed E-state index contributed by atoms with van der Waals surface area (Å²) in [4.78, 5) is 71.3. The quantitative estimate of drug-likeness (QED) is 0.0830. The molecule has 0 radical (unpaired) electrons. The maximum Gasteiger partial charge on any atom is 0.364 e. The fourth-order valence-corrected chi connectivity index (χ4v) is 4.69. The van der Waals surface area contributed by atoms with Gasteiger partial charge in [-0.25, -0.2) is 14.7 Å². The van der Waals surface area contributed by atoms with Crippen LogP contribution in [0.2, 0.25) is 0 Å². The van der Waals surface area contributed by atoms with Crippen molar-refractivity contribution in [3.8, 4) is 0 Å². The second-order valence-corrected chi connectivity index (χ2v) is 9.14. The number of nitrogens with zero attached hydrogens (tertiary/aromatic N) is 5. The Hall–Kier alpha value is -3.35. The van der Waals surface area contributed by atoms with E-state index in [-0.39, 0.29) is 21.0 Å². The number of hydrogen-bond acceptors (Lipinski definition) is 11. The molecule has 2 atom stereocenters. The lowest BCUT2D eigenvalue weighted by Gasteiger charge is -2.46. The Bertz CT molecular complexity index is 1200. The molecule has 184 valence electrons. The van der Waals surface area contributed by atoms with Crippen LogP contribution in [-0.2, 0) is 34.3 Å². The third-order valence-corrected chi connectivity index (χ3v) is 6.40. The van der Waals surface area contributed by atoms with E-state index in [9.17, 15) is 36.9 Å².